The van der Waals surface area contributed by atoms with Crippen molar-refractivity contribution in [2.24, 2.45) is 11.8 Å². The average Bonchev–Trinajstić information content (AvgIpc) is 3.51. The lowest BCUT2D eigenvalue weighted by Gasteiger charge is -2.42. The standard InChI is InChI=1S/C48H46N2/c1-34-13-10-11-30-49(41-26-22-37(23-27-41)35-14-4-2-5-15-35)46-29-25-39(32-45(34)46)40-24-28-44-43-20-8-9-21-47(43)50(48(44)33-40)42-19-12-18-38(31-42)36-16-6-3-7-17-36/h2,4-5,8-16,18-22,24-26,28-31,33,39,44-46,48H,1,3,6-7,17,23,27,32H2/b13-10-,30-11-. The average molecular weight is 651 g/mol. The van der Waals surface area contributed by atoms with Crippen LogP contribution in [0.25, 0.3) is 11.1 Å². The summed E-state index contributed by atoms with van der Waals surface area (Å²) in [6.45, 7) is 4.63. The minimum atomic E-state index is 0.253. The van der Waals surface area contributed by atoms with Gasteiger partial charge in [-0.25, -0.2) is 0 Å². The molecule has 50 heavy (non-hydrogen) atoms. The minimum Gasteiger partial charge on any atom is -0.344 e. The van der Waals surface area contributed by atoms with Crippen molar-refractivity contribution in [1.29, 1.82) is 0 Å². The van der Waals surface area contributed by atoms with E-state index in [2.05, 4.69) is 168 Å². The first-order valence-corrected chi connectivity index (χ1v) is 18.7. The fraction of sp³-hybridized carbons (Fsp3) is 0.250. The van der Waals surface area contributed by atoms with Crippen LogP contribution in [0.2, 0.25) is 0 Å². The molecule has 0 bridgehead atoms. The van der Waals surface area contributed by atoms with Gasteiger partial charge in [-0.15, -0.1) is 0 Å². The SMILES string of the molecule is C=C1/C=C\C=C/N(C2=CC=C(c3ccccc3)CC2)C2C=CC(C3=CC4C(C=C3)c3ccccc3N4c3cccc(C4=CCCCC4)c3)CC12. The number of allylic oxidation sites excluding steroid dienone is 12. The molecular weight excluding hydrogens is 605 g/mol. The van der Waals surface area contributed by atoms with E-state index in [0.29, 0.717) is 17.8 Å². The second kappa shape index (κ2) is 13.3. The van der Waals surface area contributed by atoms with Gasteiger partial charge in [0.15, 0.2) is 0 Å². The summed E-state index contributed by atoms with van der Waals surface area (Å²) in [6.07, 6.45) is 36.6. The topological polar surface area (TPSA) is 6.48 Å². The summed E-state index contributed by atoms with van der Waals surface area (Å²) in [7, 11) is 0. The molecule has 0 saturated carbocycles. The van der Waals surface area contributed by atoms with Crippen molar-refractivity contribution in [3.05, 3.63) is 192 Å². The number of para-hydroxylation sites is 1. The smallest absolute Gasteiger partial charge is 0.0632 e. The van der Waals surface area contributed by atoms with Crippen molar-refractivity contribution < 1.29 is 0 Å². The largest absolute Gasteiger partial charge is 0.344 e. The van der Waals surface area contributed by atoms with Crippen LogP contribution in [0.5, 0.6) is 0 Å². The zero-order valence-corrected chi connectivity index (χ0v) is 28.9. The second-order valence-electron chi connectivity index (χ2n) is 14.7. The molecule has 0 radical (unpaired) electrons. The summed E-state index contributed by atoms with van der Waals surface area (Å²) in [4.78, 5) is 5.14. The molecule has 5 atom stereocenters. The van der Waals surface area contributed by atoms with Gasteiger partial charge in [0, 0.05) is 41.0 Å². The van der Waals surface area contributed by atoms with Crippen LogP contribution in [0.1, 0.15) is 67.6 Å². The van der Waals surface area contributed by atoms with Crippen LogP contribution >= 0.6 is 0 Å². The lowest BCUT2D eigenvalue weighted by atomic mass is 9.73. The molecule has 2 heterocycles. The molecule has 3 aromatic rings. The normalized spacial score (nSPS) is 28.2. The fourth-order valence-corrected chi connectivity index (χ4v) is 9.22. The van der Waals surface area contributed by atoms with E-state index >= 15 is 0 Å². The van der Waals surface area contributed by atoms with E-state index in [9.17, 15) is 0 Å². The molecule has 0 saturated heterocycles. The van der Waals surface area contributed by atoms with E-state index in [0.717, 1.165) is 19.3 Å². The number of fused-ring (bicyclic) bond motifs is 4. The monoisotopic (exact) mass is 650 g/mol. The van der Waals surface area contributed by atoms with Crippen LogP contribution in [-0.4, -0.2) is 17.0 Å². The molecule has 0 amide bonds. The second-order valence-corrected chi connectivity index (χ2v) is 14.7. The molecule has 5 unspecified atom stereocenters. The highest BCUT2D eigenvalue weighted by Gasteiger charge is 2.40. The number of hydrogen-bond acceptors (Lipinski definition) is 2. The summed E-state index contributed by atoms with van der Waals surface area (Å²) in [5.74, 6) is 1.02. The first-order valence-electron chi connectivity index (χ1n) is 18.7. The Bertz CT molecular complexity index is 2050. The molecule has 2 aliphatic heterocycles. The maximum atomic E-state index is 4.63. The number of benzene rings is 3. The van der Waals surface area contributed by atoms with Crippen molar-refractivity contribution in [2.75, 3.05) is 4.90 Å². The van der Waals surface area contributed by atoms with Crippen molar-refractivity contribution in [1.82, 2.24) is 4.90 Å². The summed E-state index contributed by atoms with van der Waals surface area (Å²) >= 11 is 0. The van der Waals surface area contributed by atoms with Gasteiger partial charge in [0.2, 0.25) is 0 Å². The quantitative estimate of drug-likeness (QED) is 0.254. The first kappa shape index (κ1) is 30.9. The molecule has 2 heteroatoms. The number of anilines is 2. The highest BCUT2D eigenvalue weighted by atomic mass is 15.2. The van der Waals surface area contributed by atoms with E-state index in [1.807, 2.05) is 0 Å². The van der Waals surface area contributed by atoms with E-state index in [4.69, 9.17) is 0 Å². The first-order chi connectivity index (χ1) is 24.7. The Labute approximate surface area is 298 Å². The molecule has 0 fully saturated rings. The summed E-state index contributed by atoms with van der Waals surface area (Å²) in [5.41, 5.74) is 13.7. The van der Waals surface area contributed by atoms with Gasteiger partial charge < -0.3 is 9.80 Å². The van der Waals surface area contributed by atoms with Crippen LogP contribution in [-0.2, 0) is 0 Å². The third kappa shape index (κ3) is 5.71. The summed E-state index contributed by atoms with van der Waals surface area (Å²) < 4.78 is 0. The van der Waals surface area contributed by atoms with Crippen molar-refractivity contribution in [2.45, 2.75) is 62.9 Å². The highest BCUT2D eigenvalue weighted by Crippen LogP contribution is 2.50. The lowest BCUT2D eigenvalue weighted by molar-refractivity contribution is 0.275. The number of hydrogen-bond donors (Lipinski definition) is 0. The number of rotatable bonds is 5. The Hall–Kier alpha value is -5.08. The Morgan fingerprint density at radius 3 is 2.44 bits per heavy atom. The van der Waals surface area contributed by atoms with Gasteiger partial charge >= 0.3 is 0 Å². The third-order valence-electron chi connectivity index (χ3n) is 11.8. The Balaban J connectivity index is 1.02. The minimum absolute atomic E-state index is 0.253. The maximum Gasteiger partial charge on any atom is 0.0632 e. The van der Waals surface area contributed by atoms with Crippen LogP contribution < -0.4 is 4.90 Å². The zero-order valence-electron chi connectivity index (χ0n) is 28.9. The van der Waals surface area contributed by atoms with E-state index in [1.165, 1.54) is 81.7 Å². The molecule has 3 aromatic carbocycles. The molecule has 0 aromatic heterocycles. The van der Waals surface area contributed by atoms with Gasteiger partial charge in [-0.1, -0.05) is 122 Å². The Morgan fingerprint density at radius 2 is 1.58 bits per heavy atom. The Kier molecular flexibility index (Phi) is 8.25. The van der Waals surface area contributed by atoms with Crippen LogP contribution in [0, 0.1) is 11.8 Å². The van der Waals surface area contributed by atoms with Crippen molar-refractivity contribution >= 4 is 22.5 Å². The predicted octanol–water partition coefficient (Wildman–Crippen LogP) is 12.0. The molecule has 9 rings (SSSR count). The van der Waals surface area contributed by atoms with Gasteiger partial charge in [0.25, 0.3) is 0 Å². The summed E-state index contributed by atoms with van der Waals surface area (Å²) in [5, 5.41) is 0. The van der Waals surface area contributed by atoms with Crippen molar-refractivity contribution in [3.63, 3.8) is 0 Å². The third-order valence-corrected chi connectivity index (χ3v) is 11.8. The fourth-order valence-electron chi connectivity index (χ4n) is 9.22. The predicted molar refractivity (Wildman–Crippen MR) is 211 cm³/mol. The Morgan fingerprint density at radius 1 is 0.700 bits per heavy atom. The molecule has 0 spiro atoms. The molecule has 248 valence electrons. The molecule has 0 N–H and O–H groups in total. The van der Waals surface area contributed by atoms with Gasteiger partial charge in [-0.2, -0.15) is 0 Å². The van der Waals surface area contributed by atoms with Gasteiger partial charge in [0.1, 0.15) is 0 Å². The van der Waals surface area contributed by atoms with Gasteiger partial charge in [0.05, 0.1) is 12.1 Å². The maximum absolute atomic E-state index is 4.63. The van der Waals surface area contributed by atoms with Gasteiger partial charge in [-0.05, 0) is 114 Å². The molecule has 2 nitrogen and oxygen atoms in total. The van der Waals surface area contributed by atoms with Crippen LogP contribution in [0.4, 0.5) is 11.4 Å². The number of nitrogens with zero attached hydrogens (tertiary/aromatic N) is 2. The van der Waals surface area contributed by atoms with E-state index in [-0.39, 0.29) is 12.1 Å². The highest BCUT2D eigenvalue weighted by molar-refractivity contribution is 5.78. The van der Waals surface area contributed by atoms with Crippen LogP contribution in [0.15, 0.2) is 175 Å². The zero-order chi connectivity index (χ0) is 33.4. The molecule has 4 aliphatic carbocycles. The summed E-state index contributed by atoms with van der Waals surface area (Å²) in [6, 6.07) is 29.7. The van der Waals surface area contributed by atoms with Crippen molar-refractivity contribution in [3.8, 4) is 0 Å². The molecular formula is C48H46N2. The van der Waals surface area contributed by atoms with Gasteiger partial charge in [-0.3, -0.25) is 0 Å². The lowest BCUT2D eigenvalue weighted by Crippen LogP contribution is -2.40. The van der Waals surface area contributed by atoms with E-state index in [1.54, 1.807) is 0 Å². The van der Waals surface area contributed by atoms with E-state index < -0.39 is 0 Å². The molecule has 6 aliphatic rings. The van der Waals surface area contributed by atoms with Crippen LogP contribution in [0.3, 0.4) is 0 Å².